The fraction of sp³-hybridized carbons (Fsp3) is 0.182. The van der Waals surface area contributed by atoms with Gasteiger partial charge in [0.2, 0.25) is 5.91 Å². The summed E-state index contributed by atoms with van der Waals surface area (Å²) in [6, 6.07) is 12.2. The van der Waals surface area contributed by atoms with E-state index in [1.54, 1.807) is 36.4 Å². The molecule has 9 heteroatoms. The zero-order valence-electron chi connectivity index (χ0n) is 17.0. The quantitative estimate of drug-likeness (QED) is 0.641. The maximum absolute atomic E-state index is 12.6. The minimum absolute atomic E-state index is 0.218. The topological polar surface area (TPSA) is 119 Å². The van der Waals surface area contributed by atoms with Crippen molar-refractivity contribution in [1.29, 1.82) is 0 Å². The number of ether oxygens (including phenoxy) is 1. The second kappa shape index (κ2) is 9.48. The molecule has 0 spiro atoms. The number of nitrogens with two attached hydrogens (primary N) is 1. The number of hydrogen-bond acceptors (Lipinski definition) is 6. The molecule has 0 radical (unpaired) electrons. The summed E-state index contributed by atoms with van der Waals surface area (Å²) in [4.78, 5) is 49.2. The lowest BCUT2D eigenvalue weighted by molar-refractivity contribution is -0.127. The van der Waals surface area contributed by atoms with Crippen LogP contribution in [0, 0.1) is 13.8 Å². The molecule has 2 aromatic rings. The van der Waals surface area contributed by atoms with Gasteiger partial charge in [-0.25, -0.2) is 0 Å². The van der Waals surface area contributed by atoms with Crippen LogP contribution in [-0.4, -0.2) is 41.0 Å². The van der Waals surface area contributed by atoms with Crippen LogP contribution in [0.4, 0.5) is 10.5 Å². The van der Waals surface area contributed by atoms with Crippen molar-refractivity contribution in [2.45, 2.75) is 13.8 Å². The van der Waals surface area contributed by atoms with Crippen LogP contribution in [0.15, 0.2) is 47.4 Å². The van der Waals surface area contributed by atoms with E-state index in [0.717, 1.165) is 27.8 Å². The molecule has 0 saturated carbocycles. The van der Waals surface area contributed by atoms with Gasteiger partial charge >= 0.3 is 0 Å². The van der Waals surface area contributed by atoms with Crippen LogP contribution in [0.25, 0.3) is 6.08 Å². The standard InChI is InChI=1S/C22H21N3O5S/c1-13-3-8-17(14(2)9-13)24-20(27)11-25-21(28)18(31-22(25)29)10-15-4-6-16(7-5-15)30-12-19(23)26/h3-10H,11-12H2,1-2H3,(H2,23,26)(H,24,27)/b18-10-. The number of carbonyl (C=O) groups is 4. The molecule has 0 aromatic heterocycles. The summed E-state index contributed by atoms with van der Waals surface area (Å²) < 4.78 is 5.18. The third-order valence-corrected chi connectivity index (χ3v) is 5.30. The Morgan fingerprint density at radius 1 is 1.13 bits per heavy atom. The van der Waals surface area contributed by atoms with E-state index in [1.165, 1.54) is 0 Å². The van der Waals surface area contributed by atoms with E-state index in [1.807, 2.05) is 26.0 Å². The number of primary amides is 1. The number of nitrogens with zero attached hydrogens (tertiary/aromatic N) is 1. The van der Waals surface area contributed by atoms with E-state index < -0.39 is 23.0 Å². The Morgan fingerprint density at radius 2 is 1.84 bits per heavy atom. The van der Waals surface area contributed by atoms with Crippen LogP contribution in [0.5, 0.6) is 5.75 Å². The number of imide groups is 1. The van der Waals surface area contributed by atoms with Gasteiger partial charge in [0.15, 0.2) is 6.61 Å². The molecule has 8 nitrogen and oxygen atoms in total. The van der Waals surface area contributed by atoms with Crippen molar-refractivity contribution in [2.75, 3.05) is 18.5 Å². The Hall–Kier alpha value is -3.59. The smallest absolute Gasteiger partial charge is 0.294 e. The molecule has 3 rings (SSSR count). The Morgan fingerprint density at radius 3 is 2.48 bits per heavy atom. The van der Waals surface area contributed by atoms with E-state index in [-0.39, 0.29) is 18.1 Å². The largest absolute Gasteiger partial charge is 0.484 e. The van der Waals surface area contributed by atoms with E-state index in [4.69, 9.17) is 10.5 Å². The highest BCUT2D eigenvalue weighted by Gasteiger charge is 2.36. The normalized spacial score (nSPS) is 14.8. The first-order valence-corrected chi connectivity index (χ1v) is 10.2. The van der Waals surface area contributed by atoms with Crippen molar-refractivity contribution in [2.24, 2.45) is 5.73 Å². The predicted molar refractivity (Wildman–Crippen MR) is 118 cm³/mol. The van der Waals surface area contributed by atoms with Crippen LogP contribution >= 0.6 is 11.8 Å². The summed E-state index contributed by atoms with van der Waals surface area (Å²) in [6.45, 7) is 3.22. The first-order valence-electron chi connectivity index (χ1n) is 9.36. The van der Waals surface area contributed by atoms with Crippen molar-refractivity contribution in [3.8, 4) is 5.75 Å². The van der Waals surface area contributed by atoms with Gasteiger partial charge in [0.25, 0.3) is 17.1 Å². The third-order valence-electron chi connectivity index (χ3n) is 4.39. The van der Waals surface area contributed by atoms with Crippen molar-refractivity contribution in [3.63, 3.8) is 0 Å². The van der Waals surface area contributed by atoms with Crippen molar-refractivity contribution < 1.29 is 23.9 Å². The van der Waals surface area contributed by atoms with Crippen LogP contribution in [-0.2, 0) is 14.4 Å². The van der Waals surface area contributed by atoms with Gasteiger partial charge in [0.1, 0.15) is 12.3 Å². The molecular weight excluding hydrogens is 418 g/mol. The number of nitrogens with one attached hydrogen (secondary N) is 1. The van der Waals surface area contributed by atoms with Crippen molar-refractivity contribution in [3.05, 3.63) is 64.1 Å². The Balaban J connectivity index is 1.64. The zero-order chi connectivity index (χ0) is 22.5. The Kier molecular flexibility index (Phi) is 6.76. The monoisotopic (exact) mass is 439 g/mol. The SMILES string of the molecule is Cc1ccc(NC(=O)CN2C(=O)S/C(=C\c3ccc(OCC(N)=O)cc3)C2=O)c(C)c1. The van der Waals surface area contributed by atoms with Crippen LogP contribution in [0.2, 0.25) is 0 Å². The first-order chi connectivity index (χ1) is 14.7. The summed E-state index contributed by atoms with van der Waals surface area (Å²) in [6.07, 6.45) is 1.56. The average Bonchev–Trinajstić information content (AvgIpc) is 2.97. The Labute approximate surface area is 183 Å². The Bertz CT molecular complexity index is 1080. The minimum atomic E-state index is -0.584. The molecular formula is C22H21N3O5S. The van der Waals surface area contributed by atoms with Gasteiger partial charge in [0, 0.05) is 5.69 Å². The molecule has 1 aliphatic heterocycles. The van der Waals surface area contributed by atoms with Gasteiger partial charge in [-0.1, -0.05) is 29.8 Å². The van der Waals surface area contributed by atoms with E-state index in [9.17, 15) is 19.2 Å². The molecule has 31 heavy (non-hydrogen) atoms. The second-order valence-corrected chi connectivity index (χ2v) is 7.95. The molecule has 1 aliphatic rings. The third kappa shape index (κ3) is 5.73. The summed E-state index contributed by atoms with van der Waals surface area (Å²) >= 11 is 0.774. The summed E-state index contributed by atoms with van der Waals surface area (Å²) in [7, 11) is 0. The molecule has 2 aromatic carbocycles. The average molecular weight is 439 g/mol. The molecule has 1 heterocycles. The first kappa shape index (κ1) is 22.1. The van der Waals surface area contributed by atoms with Crippen LogP contribution < -0.4 is 15.8 Å². The van der Waals surface area contributed by atoms with Gasteiger partial charge in [-0.3, -0.25) is 24.1 Å². The lowest BCUT2D eigenvalue weighted by atomic mass is 10.1. The fourth-order valence-corrected chi connectivity index (χ4v) is 3.73. The number of carbonyl (C=O) groups excluding carboxylic acids is 4. The van der Waals surface area contributed by atoms with Crippen molar-refractivity contribution >= 4 is 46.5 Å². The molecule has 4 amide bonds. The van der Waals surface area contributed by atoms with Crippen molar-refractivity contribution in [1.82, 2.24) is 4.90 Å². The van der Waals surface area contributed by atoms with Crippen LogP contribution in [0.1, 0.15) is 16.7 Å². The van der Waals surface area contributed by atoms with Gasteiger partial charge in [-0.15, -0.1) is 0 Å². The lowest BCUT2D eigenvalue weighted by Crippen LogP contribution is -2.36. The molecule has 160 valence electrons. The van der Waals surface area contributed by atoms with E-state index >= 15 is 0 Å². The maximum Gasteiger partial charge on any atom is 0.294 e. The molecule has 0 unspecified atom stereocenters. The molecule has 1 saturated heterocycles. The highest BCUT2D eigenvalue weighted by atomic mass is 32.2. The highest BCUT2D eigenvalue weighted by Crippen LogP contribution is 2.32. The molecule has 1 fully saturated rings. The second-order valence-electron chi connectivity index (χ2n) is 6.96. The number of hydrogen-bond donors (Lipinski definition) is 2. The van der Waals surface area contributed by atoms with Gasteiger partial charge in [-0.05, 0) is 61.0 Å². The van der Waals surface area contributed by atoms with E-state index in [0.29, 0.717) is 17.0 Å². The summed E-state index contributed by atoms with van der Waals surface area (Å²) in [5.74, 6) is -1.11. The lowest BCUT2D eigenvalue weighted by Gasteiger charge is -2.14. The highest BCUT2D eigenvalue weighted by molar-refractivity contribution is 8.18. The molecule has 0 aliphatic carbocycles. The predicted octanol–water partition coefficient (Wildman–Crippen LogP) is 2.84. The van der Waals surface area contributed by atoms with Crippen LogP contribution in [0.3, 0.4) is 0 Å². The van der Waals surface area contributed by atoms with Gasteiger partial charge in [-0.2, -0.15) is 0 Å². The number of benzene rings is 2. The number of rotatable bonds is 7. The number of thioether (sulfide) groups is 1. The molecule has 0 bridgehead atoms. The zero-order valence-corrected chi connectivity index (χ0v) is 17.8. The van der Waals surface area contributed by atoms with E-state index in [2.05, 4.69) is 5.32 Å². The number of aryl methyl sites for hydroxylation is 2. The van der Waals surface area contributed by atoms with Gasteiger partial charge in [0.05, 0.1) is 4.91 Å². The molecule has 0 atom stereocenters. The van der Waals surface area contributed by atoms with Gasteiger partial charge < -0.3 is 15.8 Å². The fourth-order valence-electron chi connectivity index (χ4n) is 2.89. The summed E-state index contributed by atoms with van der Waals surface area (Å²) in [5.41, 5.74) is 8.29. The molecule has 3 N–H and O–H groups in total. The number of amides is 4. The summed E-state index contributed by atoms with van der Waals surface area (Å²) in [5, 5.41) is 2.23. The minimum Gasteiger partial charge on any atom is -0.484 e. The number of anilines is 1. The maximum atomic E-state index is 12.6.